The number of pyridine rings is 1. The Morgan fingerprint density at radius 2 is 2.12 bits per heavy atom. The summed E-state index contributed by atoms with van der Waals surface area (Å²) in [7, 11) is 0. The average Bonchev–Trinajstić information content (AvgIpc) is 2.76. The number of hydrogen-bond donors (Lipinski definition) is 3. The highest BCUT2D eigenvalue weighted by Gasteiger charge is 2.43. The highest BCUT2D eigenvalue weighted by Crippen LogP contribution is 2.41. The maximum atomic E-state index is 13.4. The van der Waals surface area contributed by atoms with E-state index in [9.17, 15) is 14.7 Å². The van der Waals surface area contributed by atoms with Gasteiger partial charge < -0.3 is 15.2 Å². The van der Waals surface area contributed by atoms with E-state index in [4.69, 9.17) is 21.3 Å². The normalized spacial score (nSPS) is 25.0. The monoisotopic (exact) mass is 485 g/mol. The van der Waals surface area contributed by atoms with Crippen molar-refractivity contribution in [2.24, 2.45) is 4.99 Å². The van der Waals surface area contributed by atoms with Gasteiger partial charge in [-0.3, -0.25) is 20.0 Å². The zero-order valence-electron chi connectivity index (χ0n) is 19.3. The van der Waals surface area contributed by atoms with Crippen molar-refractivity contribution in [1.29, 1.82) is 0 Å². The van der Waals surface area contributed by atoms with Crippen LogP contribution in [0.25, 0.3) is 0 Å². The van der Waals surface area contributed by atoms with E-state index in [0.29, 0.717) is 35.7 Å². The van der Waals surface area contributed by atoms with Crippen LogP contribution in [0.4, 0.5) is 16.2 Å². The zero-order chi connectivity index (χ0) is 24.5. The molecule has 3 N–H and O–H groups in total. The first kappa shape index (κ1) is 24.0. The third-order valence-corrected chi connectivity index (χ3v) is 6.56. The number of halogens is 1. The third-order valence-electron chi connectivity index (χ3n) is 6.16. The summed E-state index contributed by atoms with van der Waals surface area (Å²) in [5.74, 6) is -0.194. The van der Waals surface area contributed by atoms with Crippen LogP contribution < -0.4 is 10.6 Å². The second-order valence-corrected chi connectivity index (χ2v) is 9.30. The maximum absolute atomic E-state index is 13.4. The van der Waals surface area contributed by atoms with E-state index >= 15 is 0 Å². The topological polar surface area (TPSA) is 116 Å². The second-order valence-electron chi connectivity index (χ2n) is 8.92. The molecule has 0 radical (unpaired) electrons. The standard InChI is InChI=1S/C24H28ClN5O4/c1-14-7-8-16(13-26-14)27-19-6-4-5-18(21(19)25)24(3)12-20(31)30(22(29-24)28-23(32)33)17-9-10-34-15(2)11-17/h4-8,13,15,17,27H,9-12H2,1-3H3,(H,28,29)(H,32,33)/t15-,17?,24+/m1/s1. The zero-order valence-corrected chi connectivity index (χ0v) is 20.1. The molecule has 1 fully saturated rings. The lowest BCUT2D eigenvalue weighted by atomic mass is 9.86. The van der Waals surface area contributed by atoms with Crippen molar-refractivity contribution in [3.05, 3.63) is 52.8 Å². The minimum atomic E-state index is -1.28. The van der Waals surface area contributed by atoms with Crippen molar-refractivity contribution in [1.82, 2.24) is 15.2 Å². The van der Waals surface area contributed by atoms with E-state index in [-0.39, 0.29) is 30.4 Å². The number of nitrogens with zero attached hydrogens (tertiary/aromatic N) is 3. The molecule has 2 aliphatic heterocycles. The molecule has 9 nitrogen and oxygen atoms in total. The van der Waals surface area contributed by atoms with Crippen molar-refractivity contribution in [2.45, 2.75) is 57.7 Å². The predicted molar refractivity (Wildman–Crippen MR) is 130 cm³/mol. The van der Waals surface area contributed by atoms with Gasteiger partial charge >= 0.3 is 6.09 Å². The maximum Gasteiger partial charge on any atom is 0.411 e. The van der Waals surface area contributed by atoms with Crippen molar-refractivity contribution < 1.29 is 19.4 Å². The van der Waals surface area contributed by atoms with Crippen LogP contribution in [0.15, 0.2) is 41.5 Å². The number of amides is 2. The number of aliphatic imine (C=N–C) groups is 1. The van der Waals surface area contributed by atoms with Crippen molar-refractivity contribution in [3.8, 4) is 0 Å². The molecule has 1 aromatic carbocycles. The number of benzene rings is 1. The number of nitrogens with one attached hydrogen (secondary N) is 2. The second kappa shape index (κ2) is 9.60. The number of carbonyl (C=O) groups excluding carboxylic acids is 1. The Hall–Kier alpha value is -3.17. The van der Waals surface area contributed by atoms with E-state index in [1.54, 1.807) is 13.1 Å². The Balaban J connectivity index is 1.70. The number of ether oxygens (including phenoxy) is 1. The molecular formula is C24H28ClN5O4. The summed E-state index contributed by atoms with van der Waals surface area (Å²) >= 11 is 6.79. The fourth-order valence-electron chi connectivity index (χ4n) is 4.49. The van der Waals surface area contributed by atoms with Crippen LogP contribution in [0.5, 0.6) is 0 Å². The van der Waals surface area contributed by atoms with Crippen LogP contribution in [-0.2, 0) is 15.1 Å². The Kier molecular flexibility index (Phi) is 6.77. The van der Waals surface area contributed by atoms with Gasteiger partial charge in [0, 0.05) is 23.9 Å². The first-order chi connectivity index (χ1) is 16.2. The Bertz CT molecular complexity index is 1120. The summed E-state index contributed by atoms with van der Waals surface area (Å²) in [6.07, 6.45) is 1.67. The SMILES string of the molecule is Cc1ccc(Nc2cccc([C@]3(C)CC(=O)N(C4CCO[C@H](C)C4)C(NC(=O)O)=N3)c2Cl)cn1. The fourth-order valence-corrected chi connectivity index (χ4v) is 4.87. The van der Waals surface area contributed by atoms with Crippen LogP contribution >= 0.6 is 11.6 Å². The van der Waals surface area contributed by atoms with E-state index in [1.807, 2.05) is 44.2 Å². The van der Waals surface area contributed by atoms with Gasteiger partial charge in [-0.05, 0) is 51.8 Å². The largest absolute Gasteiger partial charge is 0.465 e. The molecule has 3 heterocycles. The average molecular weight is 486 g/mol. The molecule has 0 bridgehead atoms. The molecular weight excluding hydrogens is 458 g/mol. The number of anilines is 2. The van der Waals surface area contributed by atoms with Crippen LogP contribution in [0.2, 0.25) is 5.02 Å². The van der Waals surface area contributed by atoms with Crippen LogP contribution in [-0.4, -0.2) is 51.7 Å². The predicted octanol–water partition coefficient (Wildman–Crippen LogP) is 4.43. The van der Waals surface area contributed by atoms with Crippen LogP contribution in [0.3, 0.4) is 0 Å². The van der Waals surface area contributed by atoms with Crippen molar-refractivity contribution in [2.75, 3.05) is 11.9 Å². The van der Waals surface area contributed by atoms with Gasteiger partial charge in [0.15, 0.2) is 0 Å². The number of aryl methyl sites for hydroxylation is 1. The minimum Gasteiger partial charge on any atom is -0.465 e. The summed E-state index contributed by atoms with van der Waals surface area (Å²) < 4.78 is 5.60. The lowest BCUT2D eigenvalue weighted by Crippen LogP contribution is -2.58. The van der Waals surface area contributed by atoms with E-state index in [2.05, 4.69) is 15.6 Å². The number of rotatable bonds is 4. The van der Waals surface area contributed by atoms with E-state index < -0.39 is 11.6 Å². The highest BCUT2D eigenvalue weighted by molar-refractivity contribution is 6.34. The number of carbonyl (C=O) groups is 2. The quantitative estimate of drug-likeness (QED) is 0.590. The van der Waals surface area contributed by atoms with Crippen molar-refractivity contribution in [3.63, 3.8) is 0 Å². The summed E-state index contributed by atoms with van der Waals surface area (Å²) in [6.45, 7) is 6.13. The number of carboxylic acid groups (broad SMARTS) is 1. The van der Waals surface area contributed by atoms with Gasteiger partial charge in [-0.1, -0.05) is 23.7 Å². The molecule has 0 aliphatic carbocycles. The van der Waals surface area contributed by atoms with Crippen molar-refractivity contribution >= 4 is 40.9 Å². The number of guanidine groups is 1. The van der Waals surface area contributed by atoms with E-state index in [1.165, 1.54) is 4.90 Å². The number of aromatic nitrogens is 1. The molecule has 10 heteroatoms. The molecule has 2 amide bonds. The highest BCUT2D eigenvalue weighted by atomic mass is 35.5. The molecule has 0 spiro atoms. The Labute approximate surface area is 203 Å². The molecule has 0 saturated carbocycles. The van der Waals surface area contributed by atoms with Gasteiger partial charge in [-0.2, -0.15) is 0 Å². The lowest BCUT2D eigenvalue weighted by Gasteiger charge is -2.42. The van der Waals surface area contributed by atoms with Gasteiger partial charge in [0.05, 0.1) is 40.7 Å². The molecule has 2 aliphatic rings. The Morgan fingerprint density at radius 3 is 2.79 bits per heavy atom. The molecule has 180 valence electrons. The van der Waals surface area contributed by atoms with Gasteiger partial charge in [-0.25, -0.2) is 9.79 Å². The summed E-state index contributed by atoms with van der Waals surface area (Å²) in [6, 6.07) is 9.06. The molecule has 1 saturated heterocycles. The molecule has 1 aromatic heterocycles. The molecule has 2 aromatic rings. The van der Waals surface area contributed by atoms with Gasteiger partial charge in [-0.15, -0.1) is 0 Å². The summed E-state index contributed by atoms with van der Waals surface area (Å²) in [5.41, 5.74) is 1.88. The van der Waals surface area contributed by atoms with Gasteiger partial charge in [0.1, 0.15) is 0 Å². The summed E-state index contributed by atoms with van der Waals surface area (Å²) in [5, 5.41) is 15.5. The van der Waals surface area contributed by atoms with Gasteiger partial charge in [0.25, 0.3) is 0 Å². The third kappa shape index (κ3) is 5.00. The lowest BCUT2D eigenvalue weighted by molar-refractivity contribution is -0.133. The first-order valence-corrected chi connectivity index (χ1v) is 11.6. The van der Waals surface area contributed by atoms with Crippen LogP contribution in [0, 0.1) is 6.92 Å². The Morgan fingerprint density at radius 1 is 1.32 bits per heavy atom. The van der Waals surface area contributed by atoms with Crippen LogP contribution in [0.1, 0.15) is 44.4 Å². The fraction of sp³-hybridized carbons (Fsp3) is 0.417. The molecule has 1 unspecified atom stereocenters. The first-order valence-electron chi connectivity index (χ1n) is 11.2. The smallest absolute Gasteiger partial charge is 0.411 e. The van der Waals surface area contributed by atoms with E-state index in [0.717, 1.165) is 11.4 Å². The van der Waals surface area contributed by atoms with Gasteiger partial charge in [0.2, 0.25) is 11.9 Å². The molecule has 3 atom stereocenters. The summed E-state index contributed by atoms with van der Waals surface area (Å²) in [4.78, 5) is 35.5. The number of hydrogen-bond acceptors (Lipinski definition) is 6. The molecule has 34 heavy (non-hydrogen) atoms. The molecule has 4 rings (SSSR count). The minimum absolute atomic E-state index is 0.0162.